The molecule has 1 heterocycles. The molecule has 3 heteroatoms. The number of nitrogens with two attached hydrogens (primary N) is 1. The highest BCUT2D eigenvalue weighted by molar-refractivity contribution is 4.91. The number of piperazine rings is 1. The van der Waals surface area contributed by atoms with E-state index in [9.17, 15) is 0 Å². The summed E-state index contributed by atoms with van der Waals surface area (Å²) in [4.78, 5) is 5.29. The van der Waals surface area contributed by atoms with E-state index in [4.69, 9.17) is 5.73 Å². The Labute approximate surface area is 113 Å². The smallest absolute Gasteiger partial charge is 0.0307 e. The average Bonchev–Trinajstić information content (AvgIpc) is 3.13. The van der Waals surface area contributed by atoms with E-state index < -0.39 is 0 Å². The second kappa shape index (κ2) is 5.89. The van der Waals surface area contributed by atoms with Crippen molar-refractivity contribution < 1.29 is 0 Å². The van der Waals surface area contributed by atoms with E-state index in [1.54, 1.807) is 0 Å². The Balaban J connectivity index is 1.82. The monoisotopic (exact) mass is 253 g/mol. The van der Waals surface area contributed by atoms with Crippen molar-refractivity contribution in [3.05, 3.63) is 0 Å². The molecule has 1 saturated carbocycles. The second-order valence-corrected chi connectivity index (χ2v) is 7.03. The van der Waals surface area contributed by atoms with Crippen LogP contribution in [0.25, 0.3) is 0 Å². The second-order valence-electron chi connectivity index (χ2n) is 7.03. The van der Waals surface area contributed by atoms with Crippen molar-refractivity contribution in [2.24, 2.45) is 17.6 Å². The van der Waals surface area contributed by atoms with Gasteiger partial charge < -0.3 is 10.6 Å². The van der Waals surface area contributed by atoms with E-state index in [2.05, 4.69) is 30.6 Å². The summed E-state index contributed by atoms with van der Waals surface area (Å²) in [7, 11) is 0. The van der Waals surface area contributed by atoms with E-state index in [-0.39, 0.29) is 5.54 Å². The molecule has 18 heavy (non-hydrogen) atoms. The summed E-state index contributed by atoms with van der Waals surface area (Å²) in [5, 5.41) is 0. The van der Waals surface area contributed by atoms with Gasteiger partial charge in [0.1, 0.15) is 0 Å². The van der Waals surface area contributed by atoms with Gasteiger partial charge in [0.15, 0.2) is 0 Å². The van der Waals surface area contributed by atoms with Crippen molar-refractivity contribution in [1.82, 2.24) is 9.80 Å². The molecular formula is C15H31N3. The Morgan fingerprint density at radius 1 is 1.17 bits per heavy atom. The van der Waals surface area contributed by atoms with E-state index in [1.807, 2.05) is 0 Å². The lowest BCUT2D eigenvalue weighted by atomic mass is 9.88. The van der Waals surface area contributed by atoms with Crippen LogP contribution in [0.3, 0.4) is 0 Å². The van der Waals surface area contributed by atoms with Crippen molar-refractivity contribution in [3.8, 4) is 0 Å². The largest absolute Gasteiger partial charge is 0.329 e. The quantitative estimate of drug-likeness (QED) is 0.783. The molecule has 0 radical (unpaired) electrons. The van der Waals surface area contributed by atoms with Crippen LogP contribution in [0.1, 0.15) is 40.0 Å². The Morgan fingerprint density at radius 3 is 2.22 bits per heavy atom. The lowest BCUT2D eigenvalue weighted by Gasteiger charge is -2.46. The first-order valence-corrected chi connectivity index (χ1v) is 7.71. The number of hydrogen-bond acceptors (Lipinski definition) is 3. The zero-order chi connectivity index (χ0) is 13.2. The Hall–Kier alpha value is -0.120. The van der Waals surface area contributed by atoms with Crippen LogP contribution < -0.4 is 5.73 Å². The molecule has 0 aromatic carbocycles. The molecule has 1 atom stereocenters. The zero-order valence-corrected chi connectivity index (χ0v) is 12.5. The van der Waals surface area contributed by atoms with Crippen LogP contribution in [-0.2, 0) is 0 Å². The minimum atomic E-state index is 0.208. The first-order valence-electron chi connectivity index (χ1n) is 7.71. The topological polar surface area (TPSA) is 32.5 Å². The van der Waals surface area contributed by atoms with E-state index in [0.29, 0.717) is 0 Å². The molecule has 1 saturated heterocycles. The fraction of sp³-hybridized carbons (Fsp3) is 1.00. The van der Waals surface area contributed by atoms with Crippen molar-refractivity contribution in [2.75, 3.05) is 39.3 Å². The highest BCUT2D eigenvalue weighted by Crippen LogP contribution is 2.30. The number of nitrogens with zero attached hydrogens (tertiary/aromatic N) is 2. The molecule has 0 amide bonds. The summed E-state index contributed by atoms with van der Waals surface area (Å²) < 4.78 is 0. The predicted molar refractivity (Wildman–Crippen MR) is 77.7 cm³/mol. The first-order chi connectivity index (χ1) is 8.53. The molecule has 0 aromatic heterocycles. The molecule has 2 N–H and O–H groups in total. The summed E-state index contributed by atoms with van der Waals surface area (Å²) in [5.41, 5.74) is 6.26. The van der Waals surface area contributed by atoms with Crippen LogP contribution in [0.4, 0.5) is 0 Å². The van der Waals surface area contributed by atoms with Gasteiger partial charge in [-0.15, -0.1) is 0 Å². The third-order valence-corrected chi connectivity index (χ3v) is 4.64. The Morgan fingerprint density at radius 2 is 1.78 bits per heavy atom. The van der Waals surface area contributed by atoms with Crippen LogP contribution >= 0.6 is 0 Å². The van der Waals surface area contributed by atoms with Gasteiger partial charge in [0.2, 0.25) is 0 Å². The van der Waals surface area contributed by atoms with Crippen molar-refractivity contribution >= 4 is 0 Å². The summed E-state index contributed by atoms with van der Waals surface area (Å²) in [6.45, 7) is 14.0. The van der Waals surface area contributed by atoms with Gasteiger partial charge in [-0.2, -0.15) is 0 Å². The van der Waals surface area contributed by atoms with Gasteiger partial charge in [0, 0.05) is 44.8 Å². The molecule has 3 nitrogen and oxygen atoms in total. The van der Waals surface area contributed by atoms with Crippen LogP contribution in [0.15, 0.2) is 0 Å². The molecule has 106 valence electrons. The SMILES string of the molecule is CC(C)CC(C)(CN)N1CCN(CC2CC2)CC1. The van der Waals surface area contributed by atoms with Crippen molar-refractivity contribution in [1.29, 1.82) is 0 Å². The molecule has 0 aromatic rings. The standard InChI is InChI=1S/C15H31N3/c1-13(2)10-15(3,12-16)18-8-6-17(7-9-18)11-14-4-5-14/h13-14H,4-12,16H2,1-3H3. The van der Waals surface area contributed by atoms with Gasteiger partial charge in [0.05, 0.1) is 0 Å². The Kier molecular flexibility index (Phi) is 4.68. The third-order valence-electron chi connectivity index (χ3n) is 4.64. The van der Waals surface area contributed by atoms with Gasteiger partial charge in [-0.25, -0.2) is 0 Å². The maximum Gasteiger partial charge on any atom is 0.0307 e. The number of hydrogen-bond donors (Lipinski definition) is 1. The highest BCUT2D eigenvalue weighted by Gasteiger charge is 2.34. The fourth-order valence-electron chi connectivity index (χ4n) is 3.36. The van der Waals surface area contributed by atoms with Gasteiger partial charge in [-0.3, -0.25) is 4.90 Å². The van der Waals surface area contributed by atoms with Crippen LogP contribution in [0.2, 0.25) is 0 Å². The lowest BCUT2D eigenvalue weighted by Crippen LogP contribution is -2.59. The van der Waals surface area contributed by atoms with Gasteiger partial charge in [-0.05, 0) is 38.0 Å². The van der Waals surface area contributed by atoms with Crippen molar-refractivity contribution in [3.63, 3.8) is 0 Å². The minimum Gasteiger partial charge on any atom is -0.329 e. The molecule has 0 bridgehead atoms. The van der Waals surface area contributed by atoms with Crippen LogP contribution in [0, 0.1) is 11.8 Å². The Bertz CT molecular complexity index is 254. The van der Waals surface area contributed by atoms with Crippen LogP contribution in [-0.4, -0.2) is 54.6 Å². The predicted octanol–water partition coefficient (Wildman–Crippen LogP) is 1.78. The summed E-state index contributed by atoms with van der Waals surface area (Å²) >= 11 is 0. The summed E-state index contributed by atoms with van der Waals surface area (Å²) in [6, 6.07) is 0. The van der Waals surface area contributed by atoms with E-state index in [1.165, 1.54) is 52.0 Å². The molecule has 2 fully saturated rings. The maximum absolute atomic E-state index is 6.06. The molecular weight excluding hydrogens is 222 g/mol. The van der Waals surface area contributed by atoms with Crippen molar-refractivity contribution in [2.45, 2.75) is 45.6 Å². The van der Waals surface area contributed by atoms with Crippen LogP contribution in [0.5, 0.6) is 0 Å². The fourth-order valence-corrected chi connectivity index (χ4v) is 3.36. The van der Waals surface area contributed by atoms with E-state index in [0.717, 1.165) is 18.4 Å². The third kappa shape index (κ3) is 3.69. The normalized spacial score (nSPS) is 26.5. The molecule has 1 unspecified atom stereocenters. The molecule has 1 aliphatic carbocycles. The summed E-state index contributed by atoms with van der Waals surface area (Å²) in [6.07, 6.45) is 4.15. The first kappa shape index (κ1) is 14.3. The molecule has 1 aliphatic heterocycles. The molecule has 2 aliphatic rings. The zero-order valence-electron chi connectivity index (χ0n) is 12.5. The maximum atomic E-state index is 6.06. The summed E-state index contributed by atoms with van der Waals surface area (Å²) in [5.74, 6) is 1.75. The highest BCUT2D eigenvalue weighted by atomic mass is 15.3. The minimum absolute atomic E-state index is 0.208. The molecule has 2 rings (SSSR count). The average molecular weight is 253 g/mol. The van der Waals surface area contributed by atoms with Gasteiger partial charge in [-0.1, -0.05) is 13.8 Å². The lowest BCUT2D eigenvalue weighted by molar-refractivity contribution is 0.0330. The van der Waals surface area contributed by atoms with Gasteiger partial charge in [0.25, 0.3) is 0 Å². The van der Waals surface area contributed by atoms with E-state index >= 15 is 0 Å². The number of rotatable bonds is 6. The van der Waals surface area contributed by atoms with Gasteiger partial charge >= 0.3 is 0 Å². The molecule has 0 spiro atoms.